The number of benzene rings is 1. The average Bonchev–Trinajstić information content (AvgIpc) is 2.55. The summed E-state index contributed by atoms with van der Waals surface area (Å²) in [5.41, 5.74) is -0.546. The molecule has 0 unspecified atom stereocenters. The van der Waals surface area contributed by atoms with Crippen molar-refractivity contribution in [3.8, 4) is 0 Å². The molecular weight excluding hydrogens is 298 g/mol. The zero-order valence-corrected chi connectivity index (χ0v) is 12.6. The molecule has 2 bridgehead atoms. The summed E-state index contributed by atoms with van der Waals surface area (Å²) in [6.07, 6.45) is 2.03. The fourth-order valence-corrected chi connectivity index (χ4v) is 4.32. The van der Waals surface area contributed by atoms with Crippen LogP contribution >= 0.6 is 0 Å². The SMILES string of the molecule is O=C(O)[C@@H]1C2CCC(C(=O)Nc3ccccc3)(CC2)[C@@H]1C(=O)O. The topological polar surface area (TPSA) is 104 Å². The third-order valence-corrected chi connectivity index (χ3v) is 5.42. The number of hydrogen-bond donors (Lipinski definition) is 3. The number of fused-ring (bicyclic) bond motifs is 3. The molecule has 4 rings (SSSR count). The van der Waals surface area contributed by atoms with E-state index in [1.165, 1.54) is 0 Å². The Labute approximate surface area is 133 Å². The number of amides is 1. The van der Waals surface area contributed by atoms with E-state index in [4.69, 9.17) is 0 Å². The lowest BCUT2D eigenvalue weighted by Crippen LogP contribution is -2.58. The summed E-state index contributed by atoms with van der Waals surface area (Å²) in [6, 6.07) is 8.83. The first-order valence-electron chi connectivity index (χ1n) is 7.78. The summed E-state index contributed by atoms with van der Waals surface area (Å²) in [4.78, 5) is 36.2. The van der Waals surface area contributed by atoms with Gasteiger partial charge in [-0.1, -0.05) is 18.2 Å². The highest BCUT2D eigenvalue weighted by molar-refractivity contribution is 5.99. The summed E-state index contributed by atoms with van der Waals surface area (Å²) in [5.74, 6) is -4.99. The first-order chi connectivity index (χ1) is 11.0. The lowest BCUT2D eigenvalue weighted by molar-refractivity contribution is -0.178. The van der Waals surface area contributed by atoms with E-state index in [0.29, 0.717) is 31.4 Å². The highest BCUT2D eigenvalue weighted by atomic mass is 16.4. The molecule has 1 aromatic rings. The standard InChI is InChI=1S/C17H19NO5/c19-14(20)12-10-6-8-17(9-7-10,13(12)15(21)22)16(23)18-11-4-2-1-3-5-11/h1-5,10,12-13H,6-9H2,(H,18,23)(H,19,20)(H,21,22)/t10?,12-,13+,17?/m1/s1. The number of anilines is 1. The first kappa shape index (κ1) is 15.5. The van der Waals surface area contributed by atoms with Crippen molar-refractivity contribution in [2.24, 2.45) is 23.2 Å². The van der Waals surface area contributed by atoms with Crippen LogP contribution in [-0.4, -0.2) is 28.1 Å². The normalized spacial score (nSPS) is 32.3. The summed E-state index contributed by atoms with van der Waals surface area (Å²) >= 11 is 0. The van der Waals surface area contributed by atoms with Crippen LogP contribution in [0.1, 0.15) is 25.7 Å². The molecule has 0 heterocycles. The van der Waals surface area contributed by atoms with Crippen LogP contribution < -0.4 is 5.32 Å². The van der Waals surface area contributed by atoms with Crippen LogP contribution in [0.15, 0.2) is 30.3 Å². The van der Waals surface area contributed by atoms with Gasteiger partial charge in [-0.2, -0.15) is 0 Å². The molecule has 3 saturated carbocycles. The van der Waals surface area contributed by atoms with Crippen LogP contribution in [0.25, 0.3) is 0 Å². The van der Waals surface area contributed by atoms with E-state index in [-0.39, 0.29) is 11.8 Å². The van der Waals surface area contributed by atoms with Gasteiger partial charge in [-0.25, -0.2) is 0 Å². The summed E-state index contributed by atoms with van der Waals surface area (Å²) in [7, 11) is 0. The number of aliphatic carboxylic acids is 2. The molecule has 3 aliphatic rings. The third kappa shape index (κ3) is 2.48. The van der Waals surface area contributed by atoms with Crippen molar-refractivity contribution in [1.82, 2.24) is 0 Å². The molecule has 1 aromatic carbocycles. The quantitative estimate of drug-likeness (QED) is 0.790. The maximum atomic E-state index is 12.9. The van der Waals surface area contributed by atoms with E-state index in [0.717, 1.165) is 0 Å². The number of nitrogens with one attached hydrogen (secondary N) is 1. The lowest BCUT2D eigenvalue weighted by atomic mass is 9.50. The molecule has 3 N–H and O–H groups in total. The molecule has 0 radical (unpaired) electrons. The minimum Gasteiger partial charge on any atom is -0.481 e. The van der Waals surface area contributed by atoms with Crippen molar-refractivity contribution < 1.29 is 24.6 Å². The fraction of sp³-hybridized carbons (Fsp3) is 0.471. The van der Waals surface area contributed by atoms with E-state index in [1.54, 1.807) is 24.3 Å². The Morgan fingerprint density at radius 2 is 1.61 bits per heavy atom. The molecule has 6 nitrogen and oxygen atoms in total. The first-order valence-corrected chi connectivity index (χ1v) is 7.78. The van der Waals surface area contributed by atoms with Crippen molar-refractivity contribution in [2.45, 2.75) is 25.7 Å². The van der Waals surface area contributed by atoms with Gasteiger partial charge in [0, 0.05) is 5.69 Å². The third-order valence-electron chi connectivity index (χ3n) is 5.42. The molecule has 6 heteroatoms. The summed E-state index contributed by atoms with van der Waals surface area (Å²) < 4.78 is 0. The van der Waals surface area contributed by atoms with Crippen LogP contribution in [0.5, 0.6) is 0 Å². The molecule has 3 aliphatic carbocycles. The van der Waals surface area contributed by atoms with Gasteiger partial charge < -0.3 is 15.5 Å². The van der Waals surface area contributed by atoms with Gasteiger partial charge in [0.25, 0.3) is 0 Å². The fourth-order valence-electron chi connectivity index (χ4n) is 4.32. The summed E-state index contributed by atoms with van der Waals surface area (Å²) in [5, 5.41) is 21.9. The predicted octanol–water partition coefficient (Wildman–Crippen LogP) is 2.22. The highest BCUT2D eigenvalue weighted by Crippen LogP contribution is 2.57. The van der Waals surface area contributed by atoms with E-state index in [9.17, 15) is 24.6 Å². The van der Waals surface area contributed by atoms with Crippen molar-refractivity contribution in [2.75, 3.05) is 5.32 Å². The Hall–Kier alpha value is -2.37. The second kappa shape index (κ2) is 5.68. The van der Waals surface area contributed by atoms with Gasteiger partial charge in [0.15, 0.2) is 0 Å². The highest BCUT2D eigenvalue weighted by Gasteiger charge is 2.62. The minimum atomic E-state index is -1.19. The second-order valence-corrected chi connectivity index (χ2v) is 6.49. The Kier molecular flexibility index (Phi) is 3.83. The number of hydrogen-bond acceptors (Lipinski definition) is 3. The van der Waals surface area contributed by atoms with E-state index in [2.05, 4.69) is 5.32 Å². The lowest BCUT2D eigenvalue weighted by Gasteiger charge is -2.52. The van der Waals surface area contributed by atoms with Gasteiger partial charge in [0.2, 0.25) is 5.91 Å². The summed E-state index contributed by atoms with van der Waals surface area (Å²) in [6.45, 7) is 0. The van der Waals surface area contributed by atoms with E-state index >= 15 is 0 Å². The molecule has 0 aliphatic heterocycles. The molecule has 0 saturated heterocycles. The molecule has 23 heavy (non-hydrogen) atoms. The number of carbonyl (C=O) groups is 3. The van der Waals surface area contributed by atoms with Gasteiger partial charge in [0.05, 0.1) is 17.3 Å². The largest absolute Gasteiger partial charge is 0.481 e. The number of rotatable bonds is 4. The van der Waals surface area contributed by atoms with Gasteiger partial charge in [-0.15, -0.1) is 0 Å². The Morgan fingerprint density at radius 1 is 1.00 bits per heavy atom. The molecule has 1 amide bonds. The van der Waals surface area contributed by atoms with Crippen molar-refractivity contribution >= 4 is 23.5 Å². The van der Waals surface area contributed by atoms with Crippen molar-refractivity contribution in [3.05, 3.63) is 30.3 Å². The average molecular weight is 317 g/mol. The maximum Gasteiger partial charge on any atom is 0.308 e. The minimum absolute atomic E-state index is 0.153. The zero-order chi connectivity index (χ0) is 16.6. The van der Waals surface area contributed by atoms with Crippen molar-refractivity contribution in [3.63, 3.8) is 0 Å². The van der Waals surface area contributed by atoms with Crippen LogP contribution in [0.4, 0.5) is 5.69 Å². The molecule has 3 fully saturated rings. The van der Waals surface area contributed by atoms with E-state index in [1.807, 2.05) is 6.07 Å². The van der Waals surface area contributed by atoms with E-state index < -0.39 is 29.2 Å². The molecule has 0 spiro atoms. The Bertz CT molecular complexity index is 634. The Morgan fingerprint density at radius 3 is 2.13 bits per heavy atom. The van der Waals surface area contributed by atoms with Gasteiger partial charge in [-0.05, 0) is 43.7 Å². The maximum absolute atomic E-state index is 12.9. The number of carbonyl (C=O) groups excluding carboxylic acids is 1. The monoisotopic (exact) mass is 317 g/mol. The second-order valence-electron chi connectivity index (χ2n) is 6.49. The molecular formula is C17H19NO5. The number of para-hydroxylation sites is 1. The Balaban J connectivity index is 1.94. The zero-order valence-electron chi connectivity index (χ0n) is 12.6. The van der Waals surface area contributed by atoms with Crippen LogP contribution in [-0.2, 0) is 14.4 Å². The molecule has 0 aromatic heterocycles. The number of carboxylic acid groups (broad SMARTS) is 2. The number of carboxylic acids is 2. The van der Waals surface area contributed by atoms with Crippen molar-refractivity contribution in [1.29, 1.82) is 0 Å². The van der Waals surface area contributed by atoms with Crippen LogP contribution in [0.3, 0.4) is 0 Å². The van der Waals surface area contributed by atoms with Gasteiger partial charge in [-0.3, -0.25) is 14.4 Å². The molecule has 2 atom stereocenters. The van der Waals surface area contributed by atoms with Gasteiger partial charge >= 0.3 is 11.9 Å². The van der Waals surface area contributed by atoms with Gasteiger partial charge in [0.1, 0.15) is 0 Å². The smallest absolute Gasteiger partial charge is 0.308 e. The predicted molar refractivity (Wildman–Crippen MR) is 81.7 cm³/mol. The van der Waals surface area contributed by atoms with Crippen LogP contribution in [0.2, 0.25) is 0 Å². The molecule has 122 valence electrons. The van der Waals surface area contributed by atoms with Crippen LogP contribution in [0, 0.1) is 23.2 Å².